The summed E-state index contributed by atoms with van der Waals surface area (Å²) < 4.78 is 19.2. The predicted octanol–water partition coefficient (Wildman–Crippen LogP) is 4.40. The van der Waals surface area contributed by atoms with Crippen LogP contribution in [0.5, 0.6) is 5.75 Å². The molecular weight excluding hydrogens is 343 g/mol. The maximum absolute atomic E-state index is 13.6. The zero-order chi connectivity index (χ0) is 17.8. The van der Waals surface area contributed by atoms with Crippen molar-refractivity contribution in [3.05, 3.63) is 87.4 Å². The molecule has 0 amide bonds. The van der Waals surface area contributed by atoms with Gasteiger partial charge >= 0.3 is 5.97 Å². The van der Waals surface area contributed by atoms with E-state index in [1.54, 1.807) is 0 Å². The number of ketones is 1. The van der Waals surface area contributed by atoms with Gasteiger partial charge in [-0.05, 0) is 29.1 Å². The van der Waals surface area contributed by atoms with E-state index in [-0.39, 0.29) is 28.4 Å². The van der Waals surface area contributed by atoms with Gasteiger partial charge in [0.05, 0.1) is 16.0 Å². The summed E-state index contributed by atoms with van der Waals surface area (Å²) in [6, 6.07) is 14.2. The van der Waals surface area contributed by atoms with Gasteiger partial charge in [-0.3, -0.25) is 4.79 Å². The number of rotatable bonds is 6. The molecule has 0 saturated heterocycles. The lowest BCUT2D eigenvalue weighted by molar-refractivity contribution is 0.0693. The molecule has 0 unspecified atom stereocenters. The zero-order valence-electron chi connectivity index (χ0n) is 12.9. The summed E-state index contributed by atoms with van der Waals surface area (Å²) in [6.45, 7) is 0.167. The van der Waals surface area contributed by atoms with Crippen LogP contribution >= 0.6 is 11.3 Å². The monoisotopic (exact) mass is 356 g/mol. The van der Waals surface area contributed by atoms with Crippen LogP contribution in [0.1, 0.15) is 31.2 Å². The first-order valence-corrected chi connectivity index (χ1v) is 8.26. The molecule has 25 heavy (non-hydrogen) atoms. The van der Waals surface area contributed by atoms with E-state index in [1.807, 2.05) is 30.3 Å². The van der Waals surface area contributed by atoms with Gasteiger partial charge in [-0.1, -0.05) is 30.3 Å². The van der Waals surface area contributed by atoms with E-state index in [0.29, 0.717) is 0 Å². The maximum Gasteiger partial charge on any atom is 0.337 e. The molecule has 0 radical (unpaired) electrons. The van der Waals surface area contributed by atoms with Gasteiger partial charge in [0.25, 0.3) is 0 Å². The second-order valence-electron chi connectivity index (χ2n) is 5.21. The van der Waals surface area contributed by atoms with E-state index in [9.17, 15) is 19.1 Å². The number of aromatic carboxylic acids is 1. The number of carboxylic acids is 1. The van der Waals surface area contributed by atoms with Gasteiger partial charge in [0.1, 0.15) is 18.2 Å². The molecule has 0 aliphatic heterocycles. The quantitative estimate of drug-likeness (QED) is 0.665. The summed E-state index contributed by atoms with van der Waals surface area (Å²) in [4.78, 5) is 24.0. The van der Waals surface area contributed by atoms with Gasteiger partial charge in [0, 0.05) is 6.07 Å². The van der Waals surface area contributed by atoms with Crippen LogP contribution in [0.4, 0.5) is 4.39 Å². The standard InChI is InChI=1S/C19H13FO4S/c20-13-6-7-14(17(21)18-15(19(22)23)8-9-25-18)16(10-13)24-11-12-4-2-1-3-5-12/h1-10H,11H2,(H,22,23). The van der Waals surface area contributed by atoms with Crippen molar-refractivity contribution in [3.63, 3.8) is 0 Å². The van der Waals surface area contributed by atoms with E-state index < -0.39 is 17.6 Å². The third kappa shape index (κ3) is 3.75. The molecule has 0 saturated carbocycles. The lowest BCUT2D eigenvalue weighted by Crippen LogP contribution is -2.09. The highest BCUT2D eigenvalue weighted by atomic mass is 32.1. The SMILES string of the molecule is O=C(O)c1ccsc1C(=O)c1ccc(F)cc1OCc1ccccc1. The number of halogens is 1. The fraction of sp³-hybridized carbons (Fsp3) is 0.0526. The van der Waals surface area contributed by atoms with Crippen molar-refractivity contribution >= 4 is 23.1 Å². The van der Waals surface area contributed by atoms with E-state index in [1.165, 1.54) is 17.5 Å². The van der Waals surface area contributed by atoms with E-state index in [4.69, 9.17) is 4.74 Å². The largest absolute Gasteiger partial charge is 0.488 e. The molecule has 1 heterocycles. The Balaban J connectivity index is 1.92. The lowest BCUT2D eigenvalue weighted by Gasteiger charge is -2.11. The maximum atomic E-state index is 13.6. The second kappa shape index (κ2) is 7.27. The first-order chi connectivity index (χ1) is 12.1. The van der Waals surface area contributed by atoms with Crippen LogP contribution in [0.3, 0.4) is 0 Å². The van der Waals surface area contributed by atoms with Crippen molar-refractivity contribution in [2.75, 3.05) is 0 Å². The van der Waals surface area contributed by atoms with E-state index in [2.05, 4.69) is 0 Å². The Bertz CT molecular complexity index is 918. The molecule has 4 nitrogen and oxygen atoms in total. The number of carbonyl (C=O) groups is 2. The van der Waals surface area contributed by atoms with Gasteiger partial charge in [-0.2, -0.15) is 0 Å². The van der Waals surface area contributed by atoms with Crippen molar-refractivity contribution in [2.24, 2.45) is 0 Å². The number of hydrogen-bond acceptors (Lipinski definition) is 4. The molecule has 2 aromatic carbocycles. The molecule has 0 fully saturated rings. The molecule has 6 heteroatoms. The predicted molar refractivity (Wildman–Crippen MR) is 91.9 cm³/mol. The fourth-order valence-electron chi connectivity index (χ4n) is 2.31. The van der Waals surface area contributed by atoms with Gasteiger partial charge in [-0.25, -0.2) is 9.18 Å². The molecule has 0 bridgehead atoms. The third-order valence-corrected chi connectivity index (χ3v) is 4.44. The highest BCUT2D eigenvalue weighted by molar-refractivity contribution is 7.12. The molecular formula is C19H13FO4S. The molecule has 126 valence electrons. The molecule has 0 aliphatic rings. The molecule has 0 aliphatic carbocycles. The summed E-state index contributed by atoms with van der Waals surface area (Å²) in [5.41, 5.74) is 0.920. The van der Waals surface area contributed by atoms with E-state index >= 15 is 0 Å². The van der Waals surface area contributed by atoms with Crippen molar-refractivity contribution in [1.29, 1.82) is 0 Å². The number of carboxylic acid groups (broad SMARTS) is 1. The van der Waals surface area contributed by atoms with Crippen molar-refractivity contribution in [1.82, 2.24) is 0 Å². The van der Waals surface area contributed by atoms with Crippen LogP contribution in [0.15, 0.2) is 60.0 Å². The molecule has 0 spiro atoms. The molecule has 3 aromatic rings. The Kier molecular flexibility index (Phi) is 4.90. The van der Waals surface area contributed by atoms with E-state index in [0.717, 1.165) is 29.0 Å². The summed E-state index contributed by atoms with van der Waals surface area (Å²) in [7, 11) is 0. The normalized spacial score (nSPS) is 10.4. The summed E-state index contributed by atoms with van der Waals surface area (Å²) in [6.07, 6.45) is 0. The number of carbonyl (C=O) groups excluding carboxylic acids is 1. The Morgan fingerprint density at radius 3 is 2.52 bits per heavy atom. The second-order valence-corrected chi connectivity index (χ2v) is 6.13. The van der Waals surface area contributed by atoms with Crippen LogP contribution < -0.4 is 4.74 Å². The number of ether oxygens (including phenoxy) is 1. The number of hydrogen-bond donors (Lipinski definition) is 1. The minimum Gasteiger partial charge on any atom is -0.488 e. The summed E-state index contributed by atoms with van der Waals surface area (Å²) in [5, 5.41) is 10.7. The van der Waals surface area contributed by atoms with Gasteiger partial charge in [0.15, 0.2) is 0 Å². The van der Waals surface area contributed by atoms with Crippen LogP contribution in [0, 0.1) is 5.82 Å². The smallest absolute Gasteiger partial charge is 0.337 e. The average molecular weight is 356 g/mol. The van der Waals surface area contributed by atoms with Crippen molar-refractivity contribution in [2.45, 2.75) is 6.61 Å². The summed E-state index contributed by atoms with van der Waals surface area (Å²) in [5.74, 6) is -2.14. The Morgan fingerprint density at radius 2 is 1.80 bits per heavy atom. The van der Waals surface area contributed by atoms with Crippen LogP contribution in [-0.2, 0) is 6.61 Å². The highest BCUT2D eigenvalue weighted by Gasteiger charge is 2.22. The minimum atomic E-state index is -1.18. The van der Waals surface area contributed by atoms with Crippen molar-refractivity contribution in [3.8, 4) is 5.75 Å². The van der Waals surface area contributed by atoms with Crippen LogP contribution in [0.25, 0.3) is 0 Å². The topological polar surface area (TPSA) is 63.6 Å². The lowest BCUT2D eigenvalue weighted by atomic mass is 10.1. The minimum absolute atomic E-state index is 0.0756. The van der Waals surface area contributed by atoms with Gasteiger partial charge < -0.3 is 9.84 Å². The Labute approximate surface area is 147 Å². The molecule has 1 N–H and O–H groups in total. The zero-order valence-corrected chi connectivity index (χ0v) is 13.8. The number of thiophene rings is 1. The summed E-state index contributed by atoms with van der Waals surface area (Å²) >= 11 is 1.03. The van der Waals surface area contributed by atoms with Crippen molar-refractivity contribution < 1.29 is 23.8 Å². The molecule has 0 atom stereocenters. The highest BCUT2D eigenvalue weighted by Crippen LogP contribution is 2.28. The Morgan fingerprint density at radius 1 is 1.04 bits per heavy atom. The average Bonchev–Trinajstić information content (AvgIpc) is 3.10. The third-order valence-electron chi connectivity index (χ3n) is 3.53. The number of benzene rings is 2. The van der Waals surface area contributed by atoms with Crippen LogP contribution in [-0.4, -0.2) is 16.9 Å². The Hall–Kier alpha value is -2.99. The van der Waals surface area contributed by atoms with Gasteiger partial charge in [-0.15, -0.1) is 11.3 Å². The first-order valence-electron chi connectivity index (χ1n) is 7.38. The van der Waals surface area contributed by atoms with Gasteiger partial charge in [0.2, 0.25) is 5.78 Å². The van der Waals surface area contributed by atoms with Crippen LogP contribution in [0.2, 0.25) is 0 Å². The molecule has 3 rings (SSSR count). The fourth-order valence-corrected chi connectivity index (χ4v) is 3.15. The molecule has 1 aromatic heterocycles. The first kappa shape index (κ1) is 16.9.